The molecule has 0 amide bonds. The van der Waals surface area contributed by atoms with Crippen LogP contribution in [0.2, 0.25) is 0 Å². The molecule has 0 spiro atoms. The van der Waals surface area contributed by atoms with Crippen molar-refractivity contribution in [2.75, 3.05) is 11.9 Å². The number of nitrogens with one attached hydrogen (secondary N) is 1. The molecule has 4 nitrogen and oxygen atoms in total. The van der Waals surface area contributed by atoms with Gasteiger partial charge in [-0.3, -0.25) is 0 Å². The second kappa shape index (κ2) is 5.53. The highest BCUT2D eigenvalue weighted by molar-refractivity contribution is 7.09. The summed E-state index contributed by atoms with van der Waals surface area (Å²) >= 11 is 1.45. The molecule has 1 aromatic heterocycles. The van der Waals surface area contributed by atoms with Gasteiger partial charge in [0.25, 0.3) is 0 Å². The Morgan fingerprint density at radius 2 is 2.06 bits per heavy atom. The van der Waals surface area contributed by atoms with Crippen LogP contribution < -0.4 is 11.1 Å². The Hall–Kier alpha value is -0.680. The molecule has 102 valence electrons. The summed E-state index contributed by atoms with van der Waals surface area (Å²) in [6.45, 7) is 7.08. The quantitative estimate of drug-likeness (QED) is 0.881. The molecular weight excluding hydrogens is 244 g/mol. The molecule has 0 aromatic carbocycles. The molecule has 0 aliphatic heterocycles. The third-order valence-corrected chi connectivity index (χ3v) is 4.27. The summed E-state index contributed by atoms with van der Waals surface area (Å²) in [4.78, 5) is 4.58. The molecule has 1 heterocycles. The molecule has 2 rings (SSSR count). The first-order valence-electron chi connectivity index (χ1n) is 6.81. The van der Waals surface area contributed by atoms with Gasteiger partial charge in [0.1, 0.15) is 5.82 Å². The van der Waals surface area contributed by atoms with E-state index in [1.165, 1.54) is 37.2 Å². The topological polar surface area (TPSA) is 63.8 Å². The Morgan fingerprint density at radius 3 is 2.56 bits per heavy atom. The van der Waals surface area contributed by atoms with Crippen molar-refractivity contribution in [2.24, 2.45) is 11.7 Å². The number of aromatic nitrogens is 2. The lowest BCUT2D eigenvalue weighted by molar-refractivity contribution is 0.461. The van der Waals surface area contributed by atoms with Crippen LogP contribution >= 0.6 is 11.5 Å². The molecule has 0 saturated heterocycles. The van der Waals surface area contributed by atoms with E-state index in [2.05, 4.69) is 35.4 Å². The van der Waals surface area contributed by atoms with Crippen molar-refractivity contribution in [3.8, 4) is 0 Å². The maximum Gasteiger partial charge on any atom is 0.202 e. The molecule has 18 heavy (non-hydrogen) atoms. The fourth-order valence-electron chi connectivity index (χ4n) is 2.47. The molecule has 0 radical (unpaired) electrons. The lowest BCUT2D eigenvalue weighted by atomic mass is 9.96. The maximum absolute atomic E-state index is 5.89. The monoisotopic (exact) mass is 268 g/mol. The van der Waals surface area contributed by atoms with E-state index in [9.17, 15) is 0 Å². The van der Waals surface area contributed by atoms with Crippen LogP contribution in [0, 0.1) is 5.92 Å². The molecule has 3 N–H and O–H groups in total. The van der Waals surface area contributed by atoms with Gasteiger partial charge in [0.2, 0.25) is 5.13 Å². The van der Waals surface area contributed by atoms with Crippen molar-refractivity contribution in [3.05, 3.63) is 5.82 Å². The molecule has 1 atom stereocenters. The number of hydrogen-bond acceptors (Lipinski definition) is 5. The standard InChI is InChI=1S/C13H24N4S/c1-13(2,3)11-16-12(18-17-11)15-10(8-14)9-6-4-5-7-9/h9-10H,4-8,14H2,1-3H3,(H,15,16,17). The second-order valence-electron chi connectivity index (χ2n) is 6.20. The SMILES string of the molecule is CC(C)(C)c1nsc(NC(CN)C2CCCC2)n1. The zero-order valence-electron chi connectivity index (χ0n) is 11.6. The van der Waals surface area contributed by atoms with Crippen LogP contribution in [-0.4, -0.2) is 21.9 Å². The minimum absolute atomic E-state index is 0.0159. The summed E-state index contributed by atoms with van der Waals surface area (Å²) in [5.41, 5.74) is 5.90. The Bertz CT molecular complexity index is 377. The van der Waals surface area contributed by atoms with Crippen molar-refractivity contribution in [3.63, 3.8) is 0 Å². The van der Waals surface area contributed by atoms with Gasteiger partial charge in [-0.05, 0) is 18.8 Å². The number of nitrogens with two attached hydrogens (primary N) is 1. The fourth-order valence-corrected chi connectivity index (χ4v) is 3.29. The summed E-state index contributed by atoms with van der Waals surface area (Å²) in [5.74, 6) is 1.62. The highest BCUT2D eigenvalue weighted by atomic mass is 32.1. The van der Waals surface area contributed by atoms with Crippen molar-refractivity contribution >= 4 is 16.7 Å². The van der Waals surface area contributed by atoms with Gasteiger partial charge < -0.3 is 11.1 Å². The van der Waals surface area contributed by atoms with Crippen LogP contribution in [0.4, 0.5) is 5.13 Å². The predicted molar refractivity (Wildman–Crippen MR) is 77.0 cm³/mol. The highest BCUT2D eigenvalue weighted by Gasteiger charge is 2.26. The molecular formula is C13H24N4S. The van der Waals surface area contributed by atoms with Crippen molar-refractivity contribution in [1.29, 1.82) is 0 Å². The smallest absolute Gasteiger partial charge is 0.202 e. The molecule has 1 unspecified atom stereocenters. The van der Waals surface area contributed by atoms with Gasteiger partial charge in [-0.2, -0.15) is 4.37 Å². The van der Waals surface area contributed by atoms with Gasteiger partial charge in [-0.25, -0.2) is 4.98 Å². The zero-order chi connectivity index (χ0) is 13.2. The first-order chi connectivity index (χ1) is 8.50. The van der Waals surface area contributed by atoms with E-state index in [4.69, 9.17) is 5.73 Å². The lowest BCUT2D eigenvalue weighted by Crippen LogP contribution is -2.35. The summed E-state index contributed by atoms with van der Waals surface area (Å²) in [5, 5.41) is 4.40. The Kier molecular flexibility index (Phi) is 4.22. The van der Waals surface area contributed by atoms with Crippen molar-refractivity contribution < 1.29 is 0 Å². The highest BCUT2D eigenvalue weighted by Crippen LogP contribution is 2.30. The van der Waals surface area contributed by atoms with Crippen LogP contribution in [0.3, 0.4) is 0 Å². The predicted octanol–water partition coefficient (Wildman–Crippen LogP) is 2.77. The molecule has 1 saturated carbocycles. The number of hydrogen-bond donors (Lipinski definition) is 2. The Morgan fingerprint density at radius 1 is 1.39 bits per heavy atom. The maximum atomic E-state index is 5.89. The third-order valence-electron chi connectivity index (χ3n) is 3.63. The van der Waals surface area contributed by atoms with E-state index in [1.807, 2.05) is 0 Å². The fraction of sp³-hybridized carbons (Fsp3) is 0.846. The van der Waals surface area contributed by atoms with Crippen LogP contribution in [0.25, 0.3) is 0 Å². The number of rotatable bonds is 4. The van der Waals surface area contributed by atoms with Crippen LogP contribution in [-0.2, 0) is 5.41 Å². The normalized spacial score (nSPS) is 19.1. The minimum Gasteiger partial charge on any atom is -0.356 e. The van der Waals surface area contributed by atoms with Gasteiger partial charge >= 0.3 is 0 Å². The summed E-state index contributed by atoms with van der Waals surface area (Å²) < 4.78 is 4.43. The van der Waals surface area contributed by atoms with Crippen LogP contribution in [0.1, 0.15) is 52.3 Å². The van der Waals surface area contributed by atoms with Crippen LogP contribution in [0.15, 0.2) is 0 Å². The summed E-state index contributed by atoms with van der Waals surface area (Å²) in [7, 11) is 0. The molecule has 1 aromatic rings. The Balaban J connectivity index is 2.01. The first kappa shape index (κ1) is 13.7. The minimum atomic E-state index is 0.0159. The van der Waals surface area contributed by atoms with Gasteiger partial charge in [0.05, 0.1) is 0 Å². The molecule has 1 aliphatic rings. The van der Waals surface area contributed by atoms with E-state index in [1.54, 1.807) is 0 Å². The van der Waals surface area contributed by atoms with E-state index < -0.39 is 0 Å². The van der Waals surface area contributed by atoms with E-state index in [0.29, 0.717) is 18.5 Å². The Labute approximate surface area is 114 Å². The lowest BCUT2D eigenvalue weighted by Gasteiger charge is -2.22. The van der Waals surface area contributed by atoms with Gasteiger partial charge in [-0.15, -0.1) is 0 Å². The van der Waals surface area contributed by atoms with Crippen molar-refractivity contribution in [1.82, 2.24) is 9.36 Å². The zero-order valence-corrected chi connectivity index (χ0v) is 12.4. The molecule has 5 heteroatoms. The van der Waals surface area contributed by atoms with Gasteiger partial charge in [-0.1, -0.05) is 33.6 Å². The van der Waals surface area contributed by atoms with E-state index in [-0.39, 0.29) is 5.41 Å². The second-order valence-corrected chi connectivity index (χ2v) is 6.96. The molecule has 1 aliphatic carbocycles. The number of nitrogens with zero attached hydrogens (tertiary/aromatic N) is 2. The largest absolute Gasteiger partial charge is 0.356 e. The average molecular weight is 268 g/mol. The van der Waals surface area contributed by atoms with Gasteiger partial charge in [0.15, 0.2) is 0 Å². The molecule has 0 bridgehead atoms. The average Bonchev–Trinajstić information content (AvgIpc) is 2.95. The van der Waals surface area contributed by atoms with E-state index >= 15 is 0 Å². The first-order valence-corrected chi connectivity index (χ1v) is 7.59. The van der Waals surface area contributed by atoms with Gasteiger partial charge in [0, 0.05) is 29.5 Å². The van der Waals surface area contributed by atoms with Crippen molar-refractivity contribution in [2.45, 2.75) is 57.9 Å². The number of anilines is 1. The summed E-state index contributed by atoms with van der Waals surface area (Å²) in [6.07, 6.45) is 5.26. The summed E-state index contributed by atoms with van der Waals surface area (Å²) in [6, 6.07) is 0.355. The van der Waals surface area contributed by atoms with Crippen LogP contribution in [0.5, 0.6) is 0 Å². The third kappa shape index (κ3) is 3.20. The van der Waals surface area contributed by atoms with E-state index in [0.717, 1.165) is 11.0 Å². The molecule has 1 fully saturated rings.